The van der Waals surface area contributed by atoms with Crippen LogP contribution in [0.15, 0.2) is 36.4 Å². The minimum atomic E-state index is -0.0550. The molecule has 0 fully saturated rings. The first-order valence-corrected chi connectivity index (χ1v) is 6.36. The molecular weight excluding hydrogens is 254 g/mol. The molecule has 1 aromatic carbocycles. The summed E-state index contributed by atoms with van der Waals surface area (Å²) in [6.07, 6.45) is 0.316. The average molecular weight is 271 g/mol. The van der Waals surface area contributed by atoms with E-state index in [1.165, 1.54) is 0 Å². The SMILES string of the molecule is COc1cccc(CC(=O)NCc2ccc(C)nn2)c1. The zero-order valence-corrected chi connectivity index (χ0v) is 11.6. The number of aryl methyl sites for hydroxylation is 1. The van der Waals surface area contributed by atoms with Crippen molar-refractivity contribution in [3.8, 4) is 5.75 Å². The fourth-order valence-corrected chi connectivity index (χ4v) is 1.74. The Morgan fingerprint density at radius 3 is 2.80 bits per heavy atom. The van der Waals surface area contributed by atoms with E-state index in [2.05, 4.69) is 15.5 Å². The van der Waals surface area contributed by atoms with E-state index in [9.17, 15) is 4.79 Å². The van der Waals surface area contributed by atoms with Crippen molar-refractivity contribution in [2.24, 2.45) is 0 Å². The molecule has 0 saturated heterocycles. The van der Waals surface area contributed by atoms with Gasteiger partial charge in [-0.2, -0.15) is 10.2 Å². The van der Waals surface area contributed by atoms with Gasteiger partial charge < -0.3 is 10.1 Å². The number of carbonyl (C=O) groups excluding carboxylic acids is 1. The molecule has 0 bridgehead atoms. The smallest absolute Gasteiger partial charge is 0.224 e. The monoisotopic (exact) mass is 271 g/mol. The standard InChI is InChI=1S/C15H17N3O2/c1-11-6-7-13(18-17-11)10-16-15(19)9-12-4-3-5-14(8-12)20-2/h3-8H,9-10H2,1-2H3,(H,16,19). The number of hydrogen-bond donors (Lipinski definition) is 1. The van der Waals surface area contributed by atoms with Crippen LogP contribution in [0, 0.1) is 6.92 Å². The van der Waals surface area contributed by atoms with Crippen LogP contribution < -0.4 is 10.1 Å². The van der Waals surface area contributed by atoms with E-state index >= 15 is 0 Å². The first-order chi connectivity index (χ1) is 9.67. The van der Waals surface area contributed by atoms with Gasteiger partial charge in [-0.25, -0.2) is 0 Å². The lowest BCUT2D eigenvalue weighted by molar-refractivity contribution is -0.120. The minimum Gasteiger partial charge on any atom is -0.497 e. The summed E-state index contributed by atoms with van der Waals surface area (Å²) in [5.74, 6) is 0.695. The van der Waals surface area contributed by atoms with Gasteiger partial charge >= 0.3 is 0 Å². The third-order valence-corrected chi connectivity index (χ3v) is 2.82. The van der Waals surface area contributed by atoms with Gasteiger partial charge in [-0.1, -0.05) is 12.1 Å². The van der Waals surface area contributed by atoms with E-state index in [0.717, 1.165) is 22.7 Å². The van der Waals surface area contributed by atoms with Gasteiger partial charge in [-0.15, -0.1) is 0 Å². The number of nitrogens with zero attached hydrogens (tertiary/aromatic N) is 2. The Morgan fingerprint density at radius 2 is 2.10 bits per heavy atom. The summed E-state index contributed by atoms with van der Waals surface area (Å²) in [4.78, 5) is 11.9. The summed E-state index contributed by atoms with van der Waals surface area (Å²) in [5.41, 5.74) is 2.52. The Bertz CT molecular complexity index is 582. The van der Waals surface area contributed by atoms with Gasteiger partial charge in [0.1, 0.15) is 5.75 Å². The number of methoxy groups -OCH3 is 1. The molecule has 5 heteroatoms. The highest BCUT2D eigenvalue weighted by Gasteiger charge is 2.05. The maximum Gasteiger partial charge on any atom is 0.224 e. The minimum absolute atomic E-state index is 0.0550. The van der Waals surface area contributed by atoms with Crippen LogP contribution in [0.3, 0.4) is 0 Å². The molecule has 2 rings (SSSR count). The molecule has 0 radical (unpaired) electrons. The van der Waals surface area contributed by atoms with E-state index in [-0.39, 0.29) is 5.91 Å². The highest BCUT2D eigenvalue weighted by molar-refractivity contribution is 5.78. The van der Waals surface area contributed by atoms with Crippen LogP contribution >= 0.6 is 0 Å². The molecule has 20 heavy (non-hydrogen) atoms. The molecule has 0 aliphatic rings. The molecule has 1 amide bonds. The van der Waals surface area contributed by atoms with Crippen molar-refractivity contribution in [3.05, 3.63) is 53.3 Å². The Balaban J connectivity index is 1.87. The molecule has 0 spiro atoms. The quantitative estimate of drug-likeness (QED) is 0.898. The van der Waals surface area contributed by atoms with E-state index in [0.29, 0.717) is 13.0 Å². The summed E-state index contributed by atoms with van der Waals surface area (Å²) >= 11 is 0. The number of nitrogens with one attached hydrogen (secondary N) is 1. The summed E-state index contributed by atoms with van der Waals surface area (Å²) in [6, 6.07) is 11.2. The average Bonchev–Trinajstić information content (AvgIpc) is 2.47. The van der Waals surface area contributed by atoms with Gasteiger partial charge in [0.25, 0.3) is 0 Å². The molecule has 0 atom stereocenters. The van der Waals surface area contributed by atoms with E-state index < -0.39 is 0 Å². The Hall–Kier alpha value is -2.43. The van der Waals surface area contributed by atoms with E-state index in [4.69, 9.17) is 4.74 Å². The lowest BCUT2D eigenvalue weighted by Crippen LogP contribution is -2.25. The third-order valence-electron chi connectivity index (χ3n) is 2.82. The number of ether oxygens (including phenoxy) is 1. The summed E-state index contributed by atoms with van der Waals surface area (Å²) in [5, 5.41) is 10.8. The molecule has 0 saturated carbocycles. The molecular formula is C15H17N3O2. The van der Waals surface area contributed by atoms with Crippen LogP contribution in [-0.4, -0.2) is 23.2 Å². The van der Waals surface area contributed by atoms with E-state index in [1.807, 2.05) is 43.3 Å². The van der Waals surface area contributed by atoms with Gasteiger partial charge in [-0.3, -0.25) is 4.79 Å². The Morgan fingerprint density at radius 1 is 1.25 bits per heavy atom. The fraction of sp³-hybridized carbons (Fsp3) is 0.267. The highest BCUT2D eigenvalue weighted by atomic mass is 16.5. The van der Waals surface area contributed by atoms with Crippen molar-refractivity contribution < 1.29 is 9.53 Å². The van der Waals surface area contributed by atoms with Crippen molar-refractivity contribution in [3.63, 3.8) is 0 Å². The van der Waals surface area contributed by atoms with Crippen LogP contribution in [0.4, 0.5) is 0 Å². The summed E-state index contributed by atoms with van der Waals surface area (Å²) in [6.45, 7) is 2.26. The largest absolute Gasteiger partial charge is 0.497 e. The molecule has 0 aliphatic carbocycles. The van der Waals surface area contributed by atoms with Crippen LogP contribution in [0.25, 0.3) is 0 Å². The lowest BCUT2D eigenvalue weighted by atomic mass is 10.1. The summed E-state index contributed by atoms with van der Waals surface area (Å²) in [7, 11) is 1.61. The normalized spacial score (nSPS) is 10.1. The molecule has 1 aromatic heterocycles. The Labute approximate surface area is 118 Å². The second-order valence-corrected chi connectivity index (χ2v) is 4.47. The first kappa shape index (κ1) is 14.0. The van der Waals surface area contributed by atoms with Crippen molar-refractivity contribution in [1.29, 1.82) is 0 Å². The topological polar surface area (TPSA) is 64.1 Å². The second kappa shape index (κ2) is 6.65. The molecule has 0 aliphatic heterocycles. The number of rotatable bonds is 5. The predicted octanol–water partition coefficient (Wildman–Crippen LogP) is 1.65. The van der Waals surface area contributed by atoms with E-state index in [1.54, 1.807) is 7.11 Å². The van der Waals surface area contributed by atoms with Crippen LogP contribution in [0.2, 0.25) is 0 Å². The van der Waals surface area contributed by atoms with Crippen molar-refractivity contribution in [1.82, 2.24) is 15.5 Å². The Kier molecular flexibility index (Phi) is 4.65. The number of carbonyl (C=O) groups is 1. The predicted molar refractivity (Wildman–Crippen MR) is 75.3 cm³/mol. The molecule has 104 valence electrons. The van der Waals surface area contributed by atoms with Gasteiger partial charge in [0.05, 0.1) is 31.5 Å². The third kappa shape index (κ3) is 4.05. The van der Waals surface area contributed by atoms with Gasteiger partial charge in [0, 0.05) is 0 Å². The maximum absolute atomic E-state index is 11.9. The highest BCUT2D eigenvalue weighted by Crippen LogP contribution is 2.12. The molecule has 0 unspecified atom stereocenters. The van der Waals surface area contributed by atoms with Crippen molar-refractivity contribution in [2.45, 2.75) is 19.9 Å². The molecule has 5 nitrogen and oxygen atoms in total. The molecule has 1 heterocycles. The number of aromatic nitrogens is 2. The van der Waals surface area contributed by atoms with Crippen molar-refractivity contribution in [2.75, 3.05) is 7.11 Å². The number of benzene rings is 1. The van der Waals surface area contributed by atoms with Gasteiger partial charge in [0.15, 0.2) is 0 Å². The number of amides is 1. The van der Waals surface area contributed by atoms with Gasteiger partial charge in [-0.05, 0) is 36.8 Å². The molecule has 1 N–H and O–H groups in total. The first-order valence-electron chi connectivity index (χ1n) is 6.36. The zero-order valence-electron chi connectivity index (χ0n) is 11.6. The zero-order chi connectivity index (χ0) is 14.4. The lowest BCUT2D eigenvalue weighted by Gasteiger charge is -2.06. The maximum atomic E-state index is 11.9. The summed E-state index contributed by atoms with van der Waals surface area (Å²) < 4.78 is 5.13. The van der Waals surface area contributed by atoms with Crippen LogP contribution in [-0.2, 0) is 17.8 Å². The molecule has 2 aromatic rings. The van der Waals surface area contributed by atoms with Gasteiger partial charge in [0.2, 0.25) is 5.91 Å². The fourth-order valence-electron chi connectivity index (χ4n) is 1.74. The van der Waals surface area contributed by atoms with Crippen LogP contribution in [0.5, 0.6) is 5.75 Å². The number of hydrogen-bond acceptors (Lipinski definition) is 4. The van der Waals surface area contributed by atoms with Crippen molar-refractivity contribution >= 4 is 5.91 Å². The second-order valence-electron chi connectivity index (χ2n) is 4.47. The van der Waals surface area contributed by atoms with Crippen LogP contribution in [0.1, 0.15) is 17.0 Å².